The van der Waals surface area contributed by atoms with Crippen molar-refractivity contribution in [3.05, 3.63) is 71.9 Å². The molecule has 3 amide bonds. The zero-order valence-corrected chi connectivity index (χ0v) is 22.3. The van der Waals surface area contributed by atoms with Crippen LogP contribution in [0.1, 0.15) is 24.0 Å². The summed E-state index contributed by atoms with van der Waals surface area (Å²) < 4.78 is 0. The number of hydrogen-bond donors (Lipinski definition) is 8. The molecule has 222 valence electrons. The number of nitrogens with two attached hydrogens (primary N) is 1. The number of fused-ring (bicyclic) bond motifs is 1. The van der Waals surface area contributed by atoms with Crippen molar-refractivity contribution in [2.45, 2.75) is 49.9 Å². The third-order valence-electron chi connectivity index (χ3n) is 6.37. The Bertz CT molecular complexity index is 1460. The number of aromatic nitrogens is 1. The fourth-order valence-corrected chi connectivity index (χ4v) is 4.27. The summed E-state index contributed by atoms with van der Waals surface area (Å²) in [5.41, 5.74) is 7.70. The van der Waals surface area contributed by atoms with E-state index >= 15 is 0 Å². The minimum atomic E-state index is -1.76. The second-order valence-electron chi connectivity index (χ2n) is 9.58. The molecule has 0 aliphatic heterocycles. The van der Waals surface area contributed by atoms with Gasteiger partial charge in [0.15, 0.2) is 0 Å². The summed E-state index contributed by atoms with van der Waals surface area (Å²) in [5, 5.41) is 35.4. The Labute approximate surface area is 239 Å². The van der Waals surface area contributed by atoms with Crippen molar-refractivity contribution in [2.24, 2.45) is 5.73 Å². The number of carbonyl (C=O) groups is 6. The summed E-state index contributed by atoms with van der Waals surface area (Å²) >= 11 is 0. The van der Waals surface area contributed by atoms with E-state index in [1.165, 1.54) is 0 Å². The zero-order chi connectivity index (χ0) is 30.8. The summed E-state index contributed by atoms with van der Waals surface area (Å²) in [5.74, 6) is -7.05. The zero-order valence-electron chi connectivity index (χ0n) is 22.3. The number of nitrogens with one attached hydrogen (secondary N) is 4. The lowest BCUT2D eigenvalue weighted by Gasteiger charge is -2.25. The summed E-state index contributed by atoms with van der Waals surface area (Å²) in [4.78, 5) is 76.3. The summed E-state index contributed by atoms with van der Waals surface area (Å²) in [6, 6.07) is 9.76. The van der Waals surface area contributed by atoms with Gasteiger partial charge in [0.1, 0.15) is 18.1 Å². The van der Waals surface area contributed by atoms with Crippen LogP contribution in [0.4, 0.5) is 0 Å². The van der Waals surface area contributed by atoms with Crippen LogP contribution in [0.2, 0.25) is 0 Å². The normalized spacial score (nSPS) is 13.7. The van der Waals surface area contributed by atoms with Crippen LogP contribution in [0.3, 0.4) is 0 Å². The third-order valence-corrected chi connectivity index (χ3v) is 6.37. The number of hydrogen-bond acceptors (Lipinski definition) is 7. The van der Waals surface area contributed by atoms with Crippen LogP contribution >= 0.6 is 0 Å². The summed E-state index contributed by atoms with van der Waals surface area (Å²) in [6.07, 6.45) is -0.103. The third kappa shape index (κ3) is 8.89. The first-order chi connectivity index (χ1) is 19.9. The van der Waals surface area contributed by atoms with Gasteiger partial charge in [0.05, 0.1) is 18.9 Å². The molecule has 0 spiro atoms. The first-order valence-corrected chi connectivity index (χ1v) is 12.9. The van der Waals surface area contributed by atoms with E-state index in [0.29, 0.717) is 11.1 Å². The van der Waals surface area contributed by atoms with Crippen LogP contribution in [0.25, 0.3) is 10.9 Å². The molecule has 4 atom stereocenters. The van der Waals surface area contributed by atoms with Gasteiger partial charge in [-0.3, -0.25) is 24.0 Å². The van der Waals surface area contributed by atoms with Crippen LogP contribution in [0.5, 0.6) is 0 Å². The Morgan fingerprint density at radius 3 is 1.86 bits per heavy atom. The molecule has 3 aromatic rings. The number of carboxylic acids is 3. The molecule has 9 N–H and O–H groups in total. The quantitative estimate of drug-likeness (QED) is 0.117. The van der Waals surface area contributed by atoms with E-state index in [2.05, 4.69) is 20.9 Å². The Morgan fingerprint density at radius 2 is 1.24 bits per heavy atom. The second-order valence-corrected chi connectivity index (χ2v) is 9.58. The molecule has 0 bridgehead atoms. The molecule has 14 nitrogen and oxygen atoms in total. The first-order valence-electron chi connectivity index (χ1n) is 12.9. The molecular weight excluding hydrogens is 550 g/mol. The fraction of sp³-hybridized carbons (Fsp3) is 0.286. The average Bonchev–Trinajstić information content (AvgIpc) is 3.34. The topological polar surface area (TPSA) is 241 Å². The molecule has 3 rings (SSSR count). The highest BCUT2D eigenvalue weighted by molar-refractivity contribution is 5.96. The predicted octanol–water partition coefficient (Wildman–Crippen LogP) is -0.231. The van der Waals surface area contributed by atoms with Crippen LogP contribution in [0.15, 0.2) is 60.8 Å². The van der Waals surface area contributed by atoms with Gasteiger partial charge >= 0.3 is 17.9 Å². The summed E-state index contributed by atoms with van der Waals surface area (Å²) in [7, 11) is 0. The Balaban J connectivity index is 1.90. The fourth-order valence-electron chi connectivity index (χ4n) is 4.27. The van der Waals surface area contributed by atoms with Crippen molar-refractivity contribution < 1.29 is 44.1 Å². The SMILES string of the molecule is NC(CC(=O)O)C(=O)NC(Cc1c[nH]c2ccccc12)C(=O)NC(Cc1ccccc1)C(=O)NC(CC(=O)O)C(=O)O. The van der Waals surface area contributed by atoms with Gasteiger partial charge in [0.25, 0.3) is 0 Å². The minimum Gasteiger partial charge on any atom is -0.481 e. The number of aliphatic carboxylic acids is 3. The van der Waals surface area contributed by atoms with E-state index in [1.54, 1.807) is 54.7 Å². The maximum absolute atomic E-state index is 13.6. The molecule has 1 heterocycles. The van der Waals surface area contributed by atoms with Gasteiger partial charge in [0.2, 0.25) is 17.7 Å². The highest BCUT2D eigenvalue weighted by atomic mass is 16.4. The van der Waals surface area contributed by atoms with Gasteiger partial charge in [-0.25, -0.2) is 4.79 Å². The molecule has 0 radical (unpaired) electrons. The van der Waals surface area contributed by atoms with Crippen molar-refractivity contribution in [3.8, 4) is 0 Å². The molecular formula is C28H31N5O9. The van der Waals surface area contributed by atoms with E-state index in [0.717, 1.165) is 10.9 Å². The van der Waals surface area contributed by atoms with E-state index in [4.69, 9.17) is 15.9 Å². The van der Waals surface area contributed by atoms with Gasteiger partial charge in [-0.1, -0.05) is 48.5 Å². The van der Waals surface area contributed by atoms with Gasteiger partial charge in [-0.15, -0.1) is 0 Å². The largest absolute Gasteiger partial charge is 0.481 e. The van der Waals surface area contributed by atoms with E-state index in [1.807, 2.05) is 6.07 Å². The van der Waals surface area contributed by atoms with Gasteiger partial charge in [0, 0.05) is 29.9 Å². The van der Waals surface area contributed by atoms with Gasteiger partial charge in [-0.05, 0) is 17.2 Å². The van der Waals surface area contributed by atoms with Crippen LogP contribution in [-0.4, -0.2) is 80.1 Å². The number of carbonyl (C=O) groups excluding carboxylic acids is 3. The van der Waals surface area contributed by atoms with Crippen molar-refractivity contribution in [2.75, 3.05) is 0 Å². The lowest BCUT2D eigenvalue weighted by molar-refractivity contribution is -0.147. The highest BCUT2D eigenvalue weighted by Gasteiger charge is 2.32. The smallest absolute Gasteiger partial charge is 0.326 e. The van der Waals surface area contributed by atoms with Crippen LogP contribution in [0, 0.1) is 0 Å². The number of benzene rings is 2. The highest BCUT2D eigenvalue weighted by Crippen LogP contribution is 2.19. The maximum atomic E-state index is 13.6. The van der Waals surface area contributed by atoms with Crippen molar-refractivity contribution in [1.29, 1.82) is 0 Å². The molecule has 14 heteroatoms. The molecule has 0 aliphatic carbocycles. The van der Waals surface area contributed by atoms with Crippen molar-refractivity contribution in [3.63, 3.8) is 0 Å². The van der Waals surface area contributed by atoms with Gasteiger partial charge in [-0.2, -0.15) is 0 Å². The number of amides is 3. The Morgan fingerprint density at radius 1 is 0.690 bits per heavy atom. The van der Waals surface area contributed by atoms with Crippen molar-refractivity contribution >= 4 is 46.5 Å². The lowest BCUT2D eigenvalue weighted by Crippen LogP contribution is -2.58. The number of H-pyrrole nitrogens is 1. The second kappa shape index (κ2) is 14.4. The van der Waals surface area contributed by atoms with E-state index in [9.17, 15) is 33.9 Å². The maximum Gasteiger partial charge on any atom is 0.326 e. The molecule has 0 fully saturated rings. The monoisotopic (exact) mass is 581 g/mol. The Kier molecular flexibility index (Phi) is 10.7. The number of aromatic amines is 1. The summed E-state index contributed by atoms with van der Waals surface area (Å²) in [6.45, 7) is 0. The predicted molar refractivity (Wildman–Crippen MR) is 148 cm³/mol. The van der Waals surface area contributed by atoms with E-state index < -0.39 is 72.6 Å². The lowest BCUT2D eigenvalue weighted by atomic mass is 10.0. The van der Waals surface area contributed by atoms with Crippen LogP contribution in [-0.2, 0) is 41.6 Å². The first kappa shape index (κ1) is 31.3. The molecule has 4 unspecified atom stereocenters. The molecule has 1 aromatic heterocycles. The minimum absolute atomic E-state index is 0.0716. The van der Waals surface area contributed by atoms with Gasteiger partial charge < -0.3 is 42.0 Å². The Hall–Kier alpha value is -5.24. The van der Waals surface area contributed by atoms with Crippen LogP contribution < -0.4 is 21.7 Å². The molecule has 0 aliphatic rings. The number of para-hydroxylation sites is 1. The number of carboxylic acid groups (broad SMARTS) is 3. The number of rotatable bonds is 15. The molecule has 2 aromatic carbocycles. The average molecular weight is 582 g/mol. The molecule has 0 saturated carbocycles. The molecule has 42 heavy (non-hydrogen) atoms. The molecule has 0 saturated heterocycles. The van der Waals surface area contributed by atoms with E-state index in [-0.39, 0.29) is 12.8 Å². The van der Waals surface area contributed by atoms with Crippen molar-refractivity contribution in [1.82, 2.24) is 20.9 Å². The standard InChI is InChI=1S/C28H31N5O9/c29-18(12-23(34)35)25(38)31-21(11-16-14-30-19-9-5-4-8-17(16)19)27(40)32-20(10-15-6-2-1-3-7-15)26(39)33-22(28(41)42)13-24(36)37/h1-9,14,18,20-22,30H,10-13,29H2,(H,31,38)(H,32,40)(H,33,39)(H,34,35)(H,36,37)(H,41,42).